The zero-order valence-corrected chi connectivity index (χ0v) is 13.4. The van der Waals surface area contributed by atoms with Crippen molar-refractivity contribution in [1.29, 1.82) is 0 Å². The van der Waals surface area contributed by atoms with Gasteiger partial charge in [-0.25, -0.2) is 0 Å². The molecule has 0 radical (unpaired) electrons. The third-order valence-electron chi connectivity index (χ3n) is 3.59. The van der Waals surface area contributed by atoms with Crippen molar-refractivity contribution in [1.82, 2.24) is 0 Å². The summed E-state index contributed by atoms with van der Waals surface area (Å²) in [6.07, 6.45) is 0. The lowest BCUT2D eigenvalue weighted by molar-refractivity contribution is 0.480. The van der Waals surface area contributed by atoms with Crippen molar-refractivity contribution in [2.24, 2.45) is 0 Å². The fourth-order valence-electron chi connectivity index (χ4n) is 2.28. The third-order valence-corrected chi connectivity index (χ3v) is 4.90. The van der Waals surface area contributed by atoms with E-state index in [9.17, 15) is 16.8 Å². The molecule has 1 aromatic carbocycles. The normalized spacial score (nSPS) is 12.7. The van der Waals surface area contributed by atoms with Crippen molar-refractivity contribution >= 4 is 20.2 Å². The molecule has 0 aliphatic carbocycles. The first-order valence-corrected chi connectivity index (χ1v) is 9.03. The molecule has 0 saturated heterocycles. The monoisotopic (exact) mass is 322 g/mol. The summed E-state index contributed by atoms with van der Waals surface area (Å²) >= 11 is 0. The van der Waals surface area contributed by atoms with Gasteiger partial charge in [0.2, 0.25) is 0 Å². The molecular formula is C12H18O6S2. The summed E-state index contributed by atoms with van der Waals surface area (Å²) in [5.41, 5.74) is 3.32. The van der Waals surface area contributed by atoms with Crippen LogP contribution in [-0.4, -0.2) is 25.9 Å². The molecule has 0 unspecified atom stereocenters. The molecule has 1 aromatic rings. The molecule has 1 rings (SSSR count). The highest BCUT2D eigenvalue weighted by Gasteiger charge is 2.21. The van der Waals surface area contributed by atoms with Crippen molar-refractivity contribution in [2.45, 2.75) is 39.2 Å². The molecule has 0 fully saturated rings. The van der Waals surface area contributed by atoms with Crippen LogP contribution in [-0.2, 0) is 31.7 Å². The van der Waals surface area contributed by atoms with Gasteiger partial charge in [0.05, 0.1) is 0 Å². The zero-order valence-electron chi connectivity index (χ0n) is 11.8. The second-order valence-electron chi connectivity index (χ2n) is 4.91. The molecule has 20 heavy (non-hydrogen) atoms. The molecule has 0 saturated carbocycles. The van der Waals surface area contributed by atoms with Gasteiger partial charge in [-0.05, 0) is 61.1 Å². The first-order chi connectivity index (χ1) is 8.83. The molecule has 0 spiro atoms. The maximum atomic E-state index is 11.1. The van der Waals surface area contributed by atoms with Crippen LogP contribution >= 0.6 is 0 Å². The summed E-state index contributed by atoms with van der Waals surface area (Å²) in [6.45, 7) is 6.76. The summed E-state index contributed by atoms with van der Waals surface area (Å²) in [5.74, 6) is -1.16. The quantitative estimate of drug-likeness (QED) is 0.817. The van der Waals surface area contributed by atoms with E-state index in [1.165, 1.54) is 0 Å². The van der Waals surface area contributed by atoms with Crippen molar-refractivity contribution in [3.05, 3.63) is 33.4 Å². The van der Waals surface area contributed by atoms with Gasteiger partial charge in [0, 0.05) is 0 Å². The van der Waals surface area contributed by atoms with Crippen LogP contribution in [0.4, 0.5) is 0 Å². The first-order valence-electron chi connectivity index (χ1n) is 5.82. The van der Waals surface area contributed by atoms with Gasteiger partial charge in [0.1, 0.15) is 11.5 Å². The van der Waals surface area contributed by atoms with E-state index in [0.717, 1.165) is 5.56 Å². The van der Waals surface area contributed by atoms with Crippen molar-refractivity contribution in [3.8, 4) is 0 Å². The van der Waals surface area contributed by atoms with E-state index in [1.54, 1.807) is 27.7 Å². The fourth-order valence-corrected chi connectivity index (χ4v) is 3.87. The van der Waals surface area contributed by atoms with E-state index in [2.05, 4.69) is 0 Å². The van der Waals surface area contributed by atoms with E-state index in [1.807, 2.05) is 0 Å². The van der Waals surface area contributed by atoms with Gasteiger partial charge >= 0.3 is 0 Å². The Morgan fingerprint density at radius 3 is 1.20 bits per heavy atom. The minimum Gasteiger partial charge on any atom is -0.285 e. The Bertz CT molecular complexity index is 684. The second kappa shape index (κ2) is 5.44. The molecular weight excluding hydrogens is 304 g/mol. The Hall–Kier alpha value is -0.960. The van der Waals surface area contributed by atoms with Crippen LogP contribution in [0, 0.1) is 27.7 Å². The maximum Gasteiger partial charge on any atom is 0.269 e. The Morgan fingerprint density at radius 2 is 0.950 bits per heavy atom. The Balaban J connectivity index is 3.63. The van der Waals surface area contributed by atoms with Crippen molar-refractivity contribution < 1.29 is 25.9 Å². The standard InChI is InChI=1S/C12H18O6S2/c1-7-8(2)11(5-19(13,14)15)10(4)12(9(7)3)6-20(16,17)18/h5-6H2,1-4H3,(H,13,14,15)(H,16,17,18). The maximum absolute atomic E-state index is 11.1. The summed E-state index contributed by atoms with van der Waals surface area (Å²) < 4.78 is 62.4. The van der Waals surface area contributed by atoms with Gasteiger partial charge in [-0.15, -0.1) is 0 Å². The van der Waals surface area contributed by atoms with Gasteiger partial charge < -0.3 is 0 Å². The molecule has 6 nitrogen and oxygen atoms in total. The average Bonchev–Trinajstić information content (AvgIpc) is 2.25. The van der Waals surface area contributed by atoms with Crippen LogP contribution in [0.3, 0.4) is 0 Å². The molecule has 0 aromatic heterocycles. The summed E-state index contributed by atoms with van der Waals surface area (Å²) in [6, 6.07) is 0. The molecule has 0 bridgehead atoms. The summed E-state index contributed by atoms with van der Waals surface area (Å²) in [7, 11) is -8.45. The Kier molecular flexibility index (Phi) is 4.65. The Morgan fingerprint density at radius 1 is 0.650 bits per heavy atom. The predicted octanol–water partition coefficient (Wildman–Crippen LogP) is 1.70. The Labute approximate surface area is 119 Å². The highest BCUT2D eigenvalue weighted by Crippen LogP contribution is 2.29. The van der Waals surface area contributed by atoms with Crippen molar-refractivity contribution in [3.63, 3.8) is 0 Å². The minimum absolute atomic E-state index is 0.370. The van der Waals surface area contributed by atoms with E-state index < -0.39 is 31.7 Å². The fraction of sp³-hybridized carbons (Fsp3) is 0.500. The number of rotatable bonds is 4. The van der Waals surface area contributed by atoms with Crippen LogP contribution in [0.25, 0.3) is 0 Å². The van der Waals surface area contributed by atoms with Crippen molar-refractivity contribution in [2.75, 3.05) is 0 Å². The lowest BCUT2D eigenvalue weighted by Gasteiger charge is -2.19. The lowest BCUT2D eigenvalue weighted by Crippen LogP contribution is -2.13. The van der Waals surface area contributed by atoms with Gasteiger partial charge in [-0.3, -0.25) is 9.11 Å². The van der Waals surface area contributed by atoms with Gasteiger partial charge in [0.25, 0.3) is 20.2 Å². The number of hydrogen-bond acceptors (Lipinski definition) is 4. The van der Waals surface area contributed by atoms with Gasteiger partial charge in [-0.1, -0.05) is 0 Å². The molecule has 0 amide bonds. The molecule has 0 heterocycles. The highest BCUT2D eigenvalue weighted by atomic mass is 32.2. The molecule has 2 N–H and O–H groups in total. The first kappa shape index (κ1) is 17.1. The zero-order chi connectivity index (χ0) is 15.9. The molecule has 8 heteroatoms. The number of hydrogen-bond donors (Lipinski definition) is 2. The predicted molar refractivity (Wildman–Crippen MR) is 75.9 cm³/mol. The SMILES string of the molecule is Cc1c(C)c(CS(=O)(=O)O)c(C)c(CS(=O)(=O)O)c1C. The lowest BCUT2D eigenvalue weighted by atomic mass is 9.90. The van der Waals surface area contributed by atoms with E-state index in [-0.39, 0.29) is 0 Å². The van der Waals surface area contributed by atoms with Gasteiger partial charge in [-0.2, -0.15) is 16.8 Å². The third kappa shape index (κ3) is 4.02. The molecule has 0 aliphatic rings. The van der Waals surface area contributed by atoms with Crippen LogP contribution in [0.15, 0.2) is 0 Å². The largest absolute Gasteiger partial charge is 0.285 e. The molecule has 0 atom stereocenters. The van der Waals surface area contributed by atoms with E-state index >= 15 is 0 Å². The van der Waals surface area contributed by atoms with Crippen LogP contribution in [0.1, 0.15) is 33.4 Å². The summed E-state index contributed by atoms with van der Waals surface area (Å²) in [5, 5.41) is 0. The van der Waals surface area contributed by atoms with Gasteiger partial charge in [0.15, 0.2) is 0 Å². The van der Waals surface area contributed by atoms with Crippen LogP contribution in [0.5, 0.6) is 0 Å². The van der Waals surface area contributed by atoms with Crippen LogP contribution in [0.2, 0.25) is 0 Å². The number of benzene rings is 1. The second-order valence-corrected chi connectivity index (χ2v) is 7.81. The summed E-state index contributed by atoms with van der Waals surface area (Å²) in [4.78, 5) is 0. The average molecular weight is 322 g/mol. The smallest absolute Gasteiger partial charge is 0.269 e. The highest BCUT2D eigenvalue weighted by molar-refractivity contribution is 7.85. The topological polar surface area (TPSA) is 109 Å². The molecule has 0 aliphatic heterocycles. The van der Waals surface area contributed by atoms with E-state index in [4.69, 9.17) is 9.11 Å². The minimum atomic E-state index is -4.22. The van der Waals surface area contributed by atoms with Crippen LogP contribution < -0.4 is 0 Å². The molecule has 114 valence electrons. The van der Waals surface area contributed by atoms with E-state index in [0.29, 0.717) is 27.8 Å².